The molecule has 5 rings (SSSR count). The maximum atomic E-state index is 4.31. The van der Waals surface area contributed by atoms with Crippen LogP contribution in [-0.4, -0.2) is 45.7 Å². The van der Waals surface area contributed by atoms with Crippen LogP contribution in [0.2, 0.25) is 0 Å². The van der Waals surface area contributed by atoms with Crippen LogP contribution in [0.1, 0.15) is 18.4 Å². The Bertz CT molecular complexity index is 1210. The van der Waals surface area contributed by atoms with Gasteiger partial charge in [0.05, 0.1) is 18.2 Å². The SMILES string of the molecule is C=Cc1ccnc(NC2CCNCC2)c1.CNc1cc2cc(-c3cncn3C)ccc2cn1. The summed E-state index contributed by atoms with van der Waals surface area (Å²) in [6, 6.07) is 12.9. The molecule has 1 aliphatic rings. The van der Waals surface area contributed by atoms with E-state index in [4.69, 9.17) is 0 Å². The molecule has 3 aromatic heterocycles. The minimum Gasteiger partial charge on any atom is -0.373 e. The van der Waals surface area contributed by atoms with Crippen LogP contribution in [0.4, 0.5) is 11.6 Å². The van der Waals surface area contributed by atoms with Crippen molar-refractivity contribution in [2.24, 2.45) is 7.05 Å². The van der Waals surface area contributed by atoms with E-state index < -0.39 is 0 Å². The first kappa shape index (κ1) is 22.5. The number of nitrogens with one attached hydrogen (secondary N) is 3. The smallest absolute Gasteiger partial charge is 0.126 e. The molecular weight excluding hydrogens is 410 g/mol. The lowest BCUT2D eigenvalue weighted by molar-refractivity contribution is 0.478. The predicted molar refractivity (Wildman–Crippen MR) is 137 cm³/mol. The van der Waals surface area contributed by atoms with E-state index in [9.17, 15) is 0 Å². The Morgan fingerprint density at radius 3 is 2.61 bits per heavy atom. The Morgan fingerprint density at radius 2 is 1.88 bits per heavy atom. The number of rotatable bonds is 5. The highest BCUT2D eigenvalue weighted by Gasteiger charge is 2.12. The number of anilines is 2. The van der Waals surface area contributed by atoms with Crippen molar-refractivity contribution in [1.29, 1.82) is 0 Å². The second-order valence-electron chi connectivity index (χ2n) is 8.12. The Hall–Kier alpha value is -3.71. The van der Waals surface area contributed by atoms with Crippen molar-refractivity contribution in [2.75, 3.05) is 30.8 Å². The molecule has 4 heterocycles. The lowest BCUT2D eigenvalue weighted by atomic mass is 10.1. The zero-order valence-electron chi connectivity index (χ0n) is 19.3. The number of hydrogen-bond acceptors (Lipinski definition) is 6. The average Bonchev–Trinajstić information content (AvgIpc) is 3.30. The monoisotopic (exact) mass is 441 g/mol. The van der Waals surface area contributed by atoms with Crippen molar-refractivity contribution in [3.05, 3.63) is 73.5 Å². The van der Waals surface area contributed by atoms with Crippen molar-refractivity contribution in [2.45, 2.75) is 18.9 Å². The molecule has 1 fully saturated rings. The molecule has 0 radical (unpaired) electrons. The lowest BCUT2D eigenvalue weighted by Gasteiger charge is -2.24. The summed E-state index contributed by atoms with van der Waals surface area (Å²) >= 11 is 0. The standard InChI is InChI=1S/C14H14N4.C12H17N3/c1-15-14-6-12-5-10(3-4-11(12)7-17-14)13-8-16-9-18(13)2;1-2-10-3-8-14-12(9-10)15-11-4-6-13-7-5-11/h3-9H,1-2H3,(H,15,17);2-3,8-9,11,13H,1,4-7H2,(H,14,15). The number of pyridine rings is 2. The molecule has 7 heteroatoms. The van der Waals surface area contributed by atoms with Gasteiger partial charge in [0, 0.05) is 43.5 Å². The molecule has 0 bridgehead atoms. The van der Waals surface area contributed by atoms with E-state index in [0.717, 1.165) is 46.9 Å². The zero-order valence-corrected chi connectivity index (χ0v) is 19.3. The number of fused-ring (bicyclic) bond motifs is 1. The van der Waals surface area contributed by atoms with E-state index in [-0.39, 0.29) is 0 Å². The highest BCUT2D eigenvalue weighted by molar-refractivity contribution is 5.88. The van der Waals surface area contributed by atoms with Gasteiger partial charge in [-0.1, -0.05) is 24.8 Å². The highest BCUT2D eigenvalue weighted by Crippen LogP contribution is 2.24. The van der Waals surface area contributed by atoms with E-state index >= 15 is 0 Å². The van der Waals surface area contributed by atoms with Gasteiger partial charge in [-0.2, -0.15) is 0 Å². The van der Waals surface area contributed by atoms with Crippen molar-refractivity contribution in [3.8, 4) is 11.3 Å². The largest absolute Gasteiger partial charge is 0.373 e. The van der Waals surface area contributed by atoms with Crippen molar-refractivity contribution in [3.63, 3.8) is 0 Å². The van der Waals surface area contributed by atoms with E-state index in [1.807, 2.05) is 61.8 Å². The molecule has 0 amide bonds. The molecule has 170 valence electrons. The van der Waals surface area contributed by atoms with E-state index in [1.165, 1.54) is 18.2 Å². The normalized spacial score (nSPS) is 13.8. The molecule has 3 N–H and O–H groups in total. The molecular formula is C26H31N7. The summed E-state index contributed by atoms with van der Waals surface area (Å²) < 4.78 is 2.02. The molecule has 1 aromatic carbocycles. The van der Waals surface area contributed by atoms with Gasteiger partial charge in [-0.25, -0.2) is 15.0 Å². The van der Waals surface area contributed by atoms with Crippen LogP contribution in [-0.2, 0) is 7.05 Å². The highest BCUT2D eigenvalue weighted by atomic mass is 15.0. The fourth-order valence-corrected chi connectivity index (χ4v) is 3.90. The molecule has 7 nitrogen and oxygen atoms in total. The Labute approximate surface area is 195 Å². The first-order valence-corrected chi connectivity index (χ1v) is 11.3. The number of nitrogens with zero attached hydrogens (tertiary/aromatic N) is 4. The third kappa shape index (κ3) is 5.75. The maximum Gasteiger partial charge on any atom is 0.126 e. The summed E-state index contributed by atoms with van der Waals surface area (Å²) in [5.41, 5.74) is 3.39. The molecule has 4 aromatic rings. The second-order valence-corrected chi connectivity index (χ2v) is 8.12. The molecule has 33 heavy (non-hydrogen) atoms. The summed E-state index contributed by atoms with van der Waals surface area (Å²) in [6.07, 6.45) is 11.6. The molecule has 0 saturated carbocycles. The van der Waals surface area contributed by atoms with Gasteiger partial charge in [0.2, 0.25) is 0 Å². The predicted octanol–water partition coefficient (Wildman–Crippen LogP) is 4.57. The van der Waals surface area contributed by atoms with Crippen molar-refractivity contribution in [1.82, 2.24) is 24.8 Å². The number of hydrogen-bond donors (Lipinski definition) is 3. The summed E-state index contributed by atoms with van der Waals surface area (Å²) in [5.74, 6) is 1.84. The minimum atomic E-state index is 0.554. The molecule has 0 aliphatic carbocycles. The van der Waals surface area contributed by atoms with Gasteiger partial charge in [-0.15, -0.1) is 0 Å². The van der Waals surface area contributed by atoms with Crippen molar-refractivity contribution < 1.29 is 0 Å². The van der Waals surface area contributed by atoms with Gasteiger partial charge in [0.1, 0.15) is 11.6 Å². The van der Waals surface area contributed by atoms with Gasteiger partial charge < -0.3 is 20.5 Å². The van der Waals surface area contributed by atoms with E-state index in [2.05, 4.69) is 61.7 Å². The molecule has 1 aliphatic heterocycles. The number of piperidine rings is 1. The van der Waals surface area contributed by atoms with E-state index in [1.54, 1.807) is 0 Å². The summed E-state index contributed by atoms with van der Waals surface area (Å²) in [5, 5.41) is 12.2. The number of aromatic nitrogens is 4. The van der Waals surface area contributed by atoms with Crippen molar-refractivity contribution >= 4 is 28.5 Å². The van der Waals surface area contributed by atoms with Crippen LogP contribution in [0.5, 0.6) is 0 Å². The summed E-state index contributed by atoms with van der Waals surface area (Å²) in [7, 11) is 3.87. The third-order valence-corrected chi connectivity index (χ3v) is 5.80. The Morgan fingerprint density at radius 1 is 1.03 bits per heavy atom. The van der Waals surface area contributed by atoms with Gasteiger partial charge in [0.25, 0.3) is 0 Å². The average molecular weight is 442 g/mol. The fraction of sp³-hybridized carbons (Fsp3) is 0.269. The Kier molecular flexibility index (Phi) is 7.32. The number of imidazole rings is 1. The first-order chi connectivity index (χ1) is 16.2. The quantitative estimate of drug-likeness (QED) is 0.421. The Balaban J connectivity index is 0.000000160. The second kappa shape index (κ2) is 10.7. The fourth-order valence-electron chi connectivity index (χ4n) is 3.90. The molecule has 1 saturated heterocycles. The van der Waals surface area contributed by atoms with Crippen LogP contribution in [0, 0.1) is 0 Å². The molecule has 0 unspecified atom stereocenters. The summed E-state index contributed by atoms with van der Waals surface area (Å²) in [6.45, 7) is 5.95. The van der Waals surface area contributed by atoms with Crippen LogP contribution in [0.25, 0.3) is 28.1 Å². The zero-order chi connectivity index (χ0) is 23.0. The van der Waals surface area contributed by atoms with Gasteiger partial charge >= 0.3 is 0 Å². The summed E-state index contributed by atoms with van der Waals surface area (Å²) in [4.78, 5) is 12.8. The third-order valence-electron chi connectivity index (χ3n) is 5.80. The first-order valence-electron chi connectivity index (χ1n) is 11.3. The number of benzene rings is 1. The van der Waals surface area contributed by atoms with Crippen LogP contribution in [0.15, 0.2) is 67.9 Å². The minimum absolute atomic E-state index is 0.554. The topological polar surface area (TPSA) is 79.7 Å². The van der Waals surface area contributed by atoms with Gasteiger partial charge in [-0.3, -0.25) is 0 Å². The molecule has 0 spiro atoms. The van der Waals surface area contributed by atoms with Crippen LogP contribution in [0.3, 0.4) is 0 Å². The number of aryl methyl sites for hydroxylation is 1. The van der Waals surface area contributed by atoms with Crippen LogP contribution < -0.4 is 16.0 Å². The molecule has 0 atom stereocenters. The van der Waals surface area contributed by atoms with Gasteiger partial charge in [-0.05, 0) is 61.1 Å². The van der Waals surface area contributed by atoms with E-state index in [0.29, 0.717) is 6.04 Å². The lowest BCUT2D eigenvalue weighted by Crippen LogP contribution is -2.35. The maximum absolute atomic E-state index is 4.31. The van der Waals surface area contributed by atoms with Crippen LogP contribution >= 0.6 is 0 Å². The van der Waals surface area contributed by atoms with Gasteiger partial charge in [0.15, 0.2) is 0 Å².